The van der Waals surface area contributed by atoms with Crippen LogP contribution in [0.15, 0.2) is 4.47 Å². The number of aryl methyl sites for hydroxylation is 2. The first-order valence-electron chi connectivity index (χ1n) is 6.01. The molecule has 0 aliphatic carbocycles. The fraction of sp³-hybridized carbons (Fsp3) is 0.750. The Labute approximate surface area is 107 Å². The second-order valence-corrected chi connectivity index (χ2v) is 5.01. The first kappa shape index (κ1) is 13.7. The molecule has 1 atom stereocenters. The number of halogens is 1. The zero-order valence-corrected chi connectivity index (χ0v) is 12.3. The number of hydrogen-bond donors (Lipinski definition) is 1. The van der Waals surface area contributed by atoms with Crippen molar-refractivity contribution in [2.24, 2.45) is 7.05 Å². The summed E-state index contributed by atoms with van der Waals surface area (Å²) in [6, 6.07) is 0.557. The van der Waals surface area contributed by atoms with Crippen LogP contribution in [-0.4, -0.2) is 22.4 Å². The highest BCUT2D eigenvalue weighted by Crippen LogP contribution is 2.22. The average molecular weight is 288 g/mol. The lowest BCUT2D eigenvalue weighted by molar-refractivity contribution is 0.472. The highest BCUT2D eigenvalue weighted by atomic mass is 79.9. The molecule has 0 fully saturated rings. The maximum atomic E-state index is 4.43. The smallest absolute Gasteiger partial charge is 0.0738 e. The number of rotatable bonds is 6. The molecule has 0 aliphatic heterocycles. The van der Waals surface area contributed by atoms with Crippen molar-refractivity contribution < 1.29 is 0 Å². The van der Waals surface area contributed by atoms with Crippen LogP contribution in [0, 0.1) is 6.92 Å². The van der Waals surface area contributed by atoms with E-state index < -0.39 is 0 Å². The van der Waals surface area contributed by atoms with Crippen LogP contribution in [0.25, 0.3) is 0 Å². The topological polar surface area (TPSA) is 29.9 Å². The molecule has 0 saturated heterocycles. The number of likely N-dealkylation sites (N-methyl/N-ethyl adjacent to an activating group) is 1. The van der Waals surface area contributed by atoms with Crippen molar-refractivity contribution in [3.05, 3.63) is 15.9 Å². The average Bonchev–Trinajstić information content (AvgIpc) is 2.46. The molecular formula is C12H22BrN3. The van der Waals surface area contributed by atoms with Gasteiger partial charge >= 0.3 is 0 Å². The van der Waals surface area contributed by atoms with Gasteiger partial charge in [-0.05, 0) is 35.8 Å². The molecule has 0 spiro atoms. The van der Waals surface area contributed by atoms with Gasteiger partial charge in [-0.3, -0.25) is 4.68 Å². The number of aromatic nitrogens is 2. The summed E-state index contributed by atoms with van der Waals surface area (Å²) in [7, 11) is 2.02. The minimum atomic E-state index is 0.557. The third kappa shape index (κ3) is 3.32. The highest BCUT2D eigenvalue weighted by Gasteiger charge is 2.15. The van der Waals surface area contributed by atoms with Gasteiger partial charge in [0.15, 0.2) is 0 Å². The predicted molar refractivity (Wildman–Crippen MR) is 71.7 cm³/mol. The molecule has 1 heterocycles. The van der Waals surface area contributed by atoms with Crippen LogP contribution in [0.2, 0.25) is 0 Å². The molecule has 1 N–H and O–H groups in total. The van der Waals surface area contributed by atoms with E-state index in [9.17, 15) is 0 Å². The molecule has 92 valence electrons. The Morgan fingerprint density at radius 1 is 1.44 bits per heavy atom. The van der Waals surface area contributed by atoms with Crippen LogP contribution in [0.5, 0.6) is 0 Å². The molecule has 1 aromatic rings. The molecule has 4 heteroatoms. The molecule has 0 bridgehead atoms. The van der Waals surface area contributed by atoms with Gasteiger partial charge in [0.2, 0.25) is 0 Å². The quantitative estimate of drug-likeness (QED) is 0.872. The maximum absolute atomic E-state index is 4.43. The van der Waals surface area contributed by atoms with Crippen molar-refractivity contribution in [1.82, 2.24) is 15.1 Å². The molecule has 0 radical (unpaired) electrons. The lowest BCUT2D eigenvalue weighted by Crippen LogP contribution is -2.31. The van der Waals surface area contributed by atoms with Gasteiger partial charge in [-0.25, -0.2) is 0 Å². The van der Waals surface area contributed by atoms with Gasteiger partial charge in [0.1, 0.15) is 0 Å². The van der Waals surface area contributed by atoms with Crippen LogP contribution in [0.4, 0.5) is 0 Å². The van der Waals surface area contributed by atoms with E-state index >= 15 is 0 Å². The molecule has 16 heavy (non-hydrogen) atoms. The normalized spacial score (nSPS) is 13.1. The van der Waals surface area contributed by atoms with Crippen molar-refractivity contribution in [3.8, 4) is 0 Å². The number of nitrogens with zero attached hydrogens (tertiary/aromatic N) is 2. The summed E-state index contributed by atoms with van der Waals surface area (Å²) in [4.78, 5) is 0. The van der Waals surface area contributed by atoms with E-state index in [-0.39, 0.29) is 0 Å². The Balaban J connectivity index is 2.76. The Hall–Kier alpha value is -0.350. The monoisotopic (exact) mass is 287 g/mol. The summed E-state index contributed by atoms with van der Waals surface area (Å²) in [5, 5.41) is 7.96. The third-order valence-electron chi connectivity index (χ3n) is 2.83. The molecular weight excluding hydrogens is 266 g/mol. The van der Waals surface area contributed by atoms with E-state index in [2.05, 4.69) is 40.2 Å². The predicted octanol–water partition coefficient (Wildman–Crippen LogP) is 2.81. The summed E-state index contributed by atoms with van der Waals surface area (Å²) >= 11 is 3.62. The van der Waals surface area contributed by atoms with Gasteiger partial charge in [0.25, 0.3) is 0 Å². The molecule has 1 rings (SSSR count). The summed E-state index contributed by atoms with van der Waals surface area (Å²) in [6.45, 7) is 7.45. The van der Waals surface area contributed by atoms with Gasteiger partial charge in [-0.15, -0.1) is 0 Å². The molecule has 1 unspecified atom stereocenters. The molecule has 0 saturated carbocycles. The second kappa shape index (κ2) is 6.40. The second-order valence-electron chi connectivity index (χ2n) is 4.22. The van der Waals surface area contributed by atoms with Gasteiger partial charge in [-0.1, -0.05) is 20.3 Å². The van der Waals surface area contributed by atoms with Crippen LogP contribution >= 0.6 is 15.9 Å². The Morgan fingerprint density at radius 3 is 2.56 bits per heavy atom. The van der Waals surface area contributed by atoms with Crippen molar-refractivity contribution in [2.45, 2.75) is 46.1 Å². The van der Waals surface area contributed by atoms with Crippen molar-refractivity contribution >= 4 is 15.9 Å². The van der Waals surface area contributed by atoms with Gasteiger partial charge in [0, 0.05) is 19.5 Å². The fourth-order valence-electron chi connectivity index (χ4n) is 2.05. The first-order chi connectivity index (χ1) is 7.60. The standard InChI is InChI=1S/C12H22BrN3/c1-5-7-10(14-6-2)8-11-12(13)9(3)15-16(11)4/h10,14H,5-8H2,1-4H3. The van der Waals surface area contributed by atoms with E-state index in [4.69, 9.17) is 0 Å². The lowest BCUT2D eigenvalue weighted by atomic mass is 10.1. The van der Waals surface area contributed by atoms with E-state index in [1.54, 1.807) is 0 Å². The molecule has 0 aromatic carbocycles. The Bertz CT molecular complexity index is 327. The highest BCUT2D eigenvalue weighted by molar-refractivity contribution is 9.10. The third-order valence-corrected chi connectivity index (χ3v) is 3.86. The van der Waals surface area contributed by atoms with Crippen molar-refractivity contribution in [2.75, 3.05) is 6.54 Å². The van der Waals surface area contributed by atoms with Gasteiger partial charge < -0.3 is 5.32 Å². The summed E-state index contributed by atoms with van der Waals surface area (Å²) in [5.74, 6) is 0. The summed E-state index contributed by atoms with van der Waals surface area (Å²) in [5.41, 5.74) is 2.36. The van der Waals surface area contributed by atoms with Crippen LogP contribution in [0.1, 0.15) is 38.1 Å². The summed E-state index contributed by atoms with van der Waals surface area (Å²) in [6.07, 6.45) is 3.47. The molecule has 0 aliphatic rings. The maximum Gasteiger partial charge on any atom is 0.0738 e. The minimum absolute atomic E-state index is 0.557. The van der Waals surface area contributed by atoms with E-state index in [1.165, 1.54) is 18.5 Å². The zero-order valence-electron chi connectivity index (χ0n) is 10.7. The molecule has 1 aromatic heterocycles. The largest absolute Gasteiger partial charge is 0.314 e. The van der Waals surface area contributed by atoms with Crippen LogP contribution in [-0.2, 0) is 13.5 Å². The Morgan fingerprint density at radius 2 is 2.12 bits per heavy atom. The minimum Gasteiger partial charge on any atom is -0.314 e. The fourth-order valence-corrected chi connectivity index (χ4v) is 2.55. The Kier molecular flexibility index (Phi) is 5.49. The van der Waals surface area contributed by atoms with Crippen LogP contribution < -0.4 is 5.32 Å². The van der Waals surface area contributed by atoms with Gasteiger partial charge in [-0.2, -0.15) is 5.10 Å². The van der Waals surface area contributed by atoms with Gasteiger partial charge in [0.05, 0.1) is 15.9 Å². The SMILES string of the molecule is CCCC(Cc1c(Br)c(C)nn1C)NCC. The number of hydrogen-bond acceptors (Lipinski definition) is 2. The van der Waals surface area contributed by atoms with Crippen LogP contribution in [0.3, 0.4) is 0 Å². The first-order valence-corrected chi connectivity index (χ1v) is 6.80. The lowest BCUT2D eigenvalue weighted by Gasteiger charge is -2.17. The van der Waals surface area contributed by atoms with E-state index in [1.807, 2.05) is 18.7 Å². The zero-order chi connectivity index (χ0) is 12.1. The molecule has 3 nitrogen and oxygen atoms in total. The van der Waals surface area contributed by atoms with Crippen molar-refractivity contribution in [1.29, 1.82) is 0 Å². The summed E-state index contributed by atoms with van der Waals surface area (Å²) < 4.78 is 3.15. The van der Waals surface area contributed by atoms with E-state index in [0.717, 1.165) is 23.1 Å². The molecule has 0 amide bonds. The van der Waals surface area contributed by atoms with E-state index in [0.29, 0.717) is 6.04 Å². The number of nitrogens with one attached hydrogen (secondary N) is 1. The van der Waals surface area contributed by atoms with Crippen molar-refractivity contribution in [3.63, 3.8) is 0 Å².